The molecule has 29 heavy (non-hydrogen) atoms. The van der Waals surface area contributed by atoms with Crippen molar-refractivity contribution in [2.24, 2.45) is 5.14 Å². The molecule has 0 radical (unpaired) electrons. The van der Waals surface area contributed by atoms with Crippen LogP contribution in [0.1, 0.15) is 30.7 Å². The maximum absolute atomic E-state index is 12.9. The topological polar surface area (TPSA) is 107 Å². The lowest BCUT2D eigenvalue weighted by Crippen LogP contribution is -2.24. The maximum atomic E-state index is 12.9. The van der Waals surface area contributed by atoms with Crippen LogP contribution in [-0.2, 0) is 10.0 Å². The first-order chi connectivity index (χ1) is 13.8. The van der Waals surface area contributed by atoms with Crippen LogP contribution in [0.2, 0.25) is 5.02 Å². The van der Waals surface area contributed by atoms with Gasteiger partial charge in [0.25, 0.3) is 0 Å². The predicted molar refractivity (Wildman–Crippen MR) is 115 cm³/mol. The fourth-order valence-corrected chi connectivity index (χ4v) is 4.16. The minimum Gasteiger partial charge on any atom is -0.369 e. The molecule has 3 N–H and O–H groups in total. The number of para-hydroxylation sites is 1. The van der Waals surface area contributed by atoms with Crippen LogP contribution >= 0.6 is 11.6 Å². The van der Waals surface area contributed by atoms with Crippen molar-refractivity contribution in [2.45, 2.75) is 25.2 Å². The number of fused-ring (bicyclic) bond motifs is 1. The van der Waals surface area contributed by atoms with E-state index in [1.165, 1.54) is 10.1 Å². The van der Waals surface area contributed by atoms with Gasteiger partial charge in [0, 0.05) is 11.9 Å². The molecule has 1 heterocycles. The molecule has 152 valence electrons. The molecule has 0 aliphatic heterocycles. The highest BCUT2D eigenvalue weighted by molar-refractivity contribution is 7.89. The number of halogens is 1. The molecule has 9 heteroatoms. The van der Waals surface area contributed by atoms with Crippen LogP contribution in [0.3, 0.4) is 0 Å². The van der Waals surface area contributed by atoms with Gasteiger partial charge in [-0.3, -0.25) is 4.57 Å². The molecule has 0 unspecified atom stereocenters. The van der Waals surface area contributed by atoms with E-state index in [4.69, 9.17) is 16.7 Å². The molecule has 3 aromatic rings. The summed E-state index contributed by atoms with van der Waals surface area (Å²) in [6, 6.07) is 13.2. The first-order valence-electron chi connectivity index (χ1n) is 9.39. The summed E-state index contributed by atoms with van der Waals surface area (Å²) < 4.78 is 23.8. The number of hydrogen-bond donors (Lipinski definition) is 2. The zero-order valence-electron chi connectivity index (χ0n) is 15.6. The van der Waals surface area contributed by atoms with Crippen molar-refractivity contribution in [1.29, 1.82) is 0 Å². The largest absolute Gasteiger partial charge is 0.369 e. The van der Waals surface area contributed by atoms with Crippen LogP contribution in [0.25, 0.3) is 16.6 Å². The van der Waals surface area contributed by atoms with Gasteiger partial charge >= 0.3 is 5.69 Å². The Bertz CT molecular complexity index is 1240. The van der Waals surface area contributed by atoms with Crippen LogP contribution in [-0.4, -0.2) is 30.3 Å². The second-order valence-electron chi connectivity index (χ2n) is 7.23. The third kappa shape index (κ3) is 4.44. The molecule has 1 fully saturated rings. The monoisotopic (exact) mass is 432 g/mol. The number of primary sulfonamides is 1. The molecular weight excluding hydrogens is 412 g/mol. The van der Waals surface area contributed by atoms with Crippen LogP contribution in [0.4, 0.5) is 5.82 Å². The summed E-state index contributed by atoms with van der Waals surface area (Å²) in [4.78, 5) is 17.1. The highest BCUT2D eigenvalue weighted by atomic mass is 35.5. The minimum absolute atomic E-state index is 0.138. The fourth-order valence-electron chi connectivity index (χ4n) is 3.39. The lowest BCUT2D eigenvalue weighted by Gasteiger charge is -2.15. The molecular formula is C20H21ClN4O3S. The van der Waals surface area contributed by atoms with Gasteiger partial charge in [-0.2, -0.15) is 4.98 Å². The Morgan fingerprint density at radius 2 is 1.97 bits per heavy atom. The number of sulfonamides is 1. The van der Waals surface area contributed by atoms with E-state index in [1.807, 2.05) is 24.3 Å². The maximum Gasteiger partial charge on any atom is 0.354 e. The van der Waals surface area contributed by atoms with Gasteiger partial charge in [-0.25, -0.2) is 18.4 Å². The molecule has 7 nitrogen and oxygen atoms in total. The van der Waals surface area contributed by atoms with Crippen molar-refractivity contribution < 1.29 is 8.42 Å². The zero-order valence-corrected chi connectivity index (χ0v) is 17.2. The van der Waals surface area contributed by atoms with E-state index in [0.29, 0.717) is 35.4 Å². The Kier molecular flexibility index (Phi) is 5.33. The molecule has 0 spiro atoms. The Hall–Kier alpha value is -2.42. The van der Waals surface area contributed by atoms with E-state index in [1.54, 1.807) is 12.1 Å². The van der Waals surface area contributed by atoms with E-state index in [0.717, 1.165) is 23.7 Å². The van der Waals surface area contributed by atoms with Gasteiger partial charge in [-0.05, 0) is 55.0 Å². The SMILES string of the molecule is NS(=O)(=O)CCCNc1nc(=O)n(-c2ccccc2Cl)c2cc(C3CC3)ccc12. The minimum atomic E-state index is -3.53. The van der Waals surface area contributed by atoms with Gasteiger partial charge in [-0.1, -0.05) is 29.8 Å². The highest BCUT2D eigenvalue weighted by Gasteiger charge is 2.24. The van der Waals surface area contributed by atoms with Crippen LogP contribution < -0.4 is 16.1 Å². The van der Waals surface area contributed by atoms with Gasteiger partial charge in [0.2, 0.25) is 10.0 Å². The predicted octanol–water partition coefficient (Wildman–Crippen LogP) is 3.01. The van der Waals surface area contributed by atoms with Crippen LogP contribution in [0, 0.1) is 0 Å². The zero-order chi connectivity index (χ0) is 20.6. The summed E-state index contributed by atoms with van der Waals surface area (Å²) in [7, 11) is -3.53. The van der Waals surface area contributed by atoms with Crippen molar-refractivity contribution in [3.05, 3.63) is 63.5 Å². The quantitative estimate of drug-likeness (QED) is 0.558. The van der Waals surface area contributed by atoms with Crippen LogP contribution in [0.15, 0.2) is 47.3 Å². The van der Waals surface area contributed by atoms with E-state index in [2.05, 4.69) is 16.4 Å². The van der Waals surface area contributed by atoms with E-state index >= 15 is 0 Å². The summed E-state index contributed by atoms with van der Waals surface area (Å²) in [5, 5.41) is 9.35. The number of benzene rings is 2. The normalized spacial score (nSPS) is 14.3. The number of aromatic nitrogens is 2. The van der Waals surface area contributed by atoms with E-state index in [-0.39, 0.29) is 5.75 Å². The molecule has 0 atom stereocenters. The number of nitrogens with zero attached hydrogens (tertiary/aromatic N) is 2. The van der Waals surface area contributed by atoms with E-state index in [9.17, 15) is 13.2 Å². The number of anilines is 1. The molecule has 2 aromatic carbocycles. The number of rotatable bonds is 7. The van der Waals surface area contributed by atoms with Gasteiger partial charge in [0.15, 0.2) is 0 Å². The molecule has 1 saturated carbocycles. The van der Waals surface area contributed by atoms with Gasteiger partial charge in [-0.15, -0.1) is 0 Å². The second-order valence-corrected chi connectivity index (χ2v) is 9.37. The number of nitrogens with two attached hydrogens (primary N) is 1. The molecule has 1 aliphatic rings. The Morgan fingerprint density at radius 1 is 1.21 bits per heavy atom. The summed E-state index contributed by atoms with van der Waals surface area (Å²) in [6.07, 6.45) is 2.60. The van der Waals surface area contributed by atoms with Crippen LogP contribution in [0.5, 0.6) is 0 Å². The molecule has 4 rings (SSSR count). The third-order valence-corrected chi connectivity index (χ3v) is 6.13. The molecule has 0 saturated heterocycles. The summed E-state index contributed by atoms with van der Waals surface area (Å²) in [6.45, 7) is 0.332. The van der Waals surface area contributed by atoms with Gasteiger partial charge < -0.3 is 5.32 Å². The first-order valence-corrected chi connectivity index (χ1v) is 11.5. The Morgan fingerprint density at radius 3 is 2.66 bits per heavy atom. The van der Waals surface area contributed by atoms with Crippen molar-refractivity contribution in [1.82, 2.24) is 9.55 Å². The summed E-state index contributed by atoms with van der Waals surface area (Å²) >= 11 is 6.36. The lowest BCUT2D eigenvalue weighted by atomic mass is 10.1. The summed E-state index contributed by atoms with van der Waals surface area (Å²) in [5.41, 5.74) is 2.03. The van der Waals surface area contributed by atoms with Crippen molar-refractivity contribution in [2.75, 3.05) is 17.6 Å². The second kappa shape index (κ2) is 7.78. The number of nitrogens with one attached hydrogen (secondary N) is 1. The lowest BCUT2D eigenvalue weighted by molar-refractivity contribution is 0.595. The highest BCUT2D eigenvalue weighted by Crippen LogP contribution is 2.41. The molecule has 0 bridgehead atoms. The Labute approximate surface area is 173 Å². The first kappa shape index (κ1) is 19.9. The smallest absolute Gasteiger partial charge is 0.354 e. The average Bonchev–Trinajstić information content (AvgIpc) is 3.50. The molecule has 1 aliphatic carbocycles. The van der Waals surface area contributed by atoms with Crippen molar-refractivity contribution in [3.8, 4) is 5.69 Å². The average molecular weight is 433 g/mol. The van der Waals surface area contributed by atoms with Crippen molar-refractivity contribution >= 4 is 38.3 Å². The van der Waals surface area contributed by atoms with E-state index < -0.39 is 15.7 Å². The fraction of sp³-hybridized carbons (Fsp3) is 0.300. The third-order valence-electron chi connectivity index (χ3n) is 4.96. The number of hydrogen-bond acceptors (Lipinski definition) is 5. The van der Waals surface area contributed by atoms with Crippen molar-refractivity contribution in [3.63, 3.8) is 0 Å². The van der Waals surface area contributed by atoms with Gasteiger partial charge in [0.05, 0.1) is 22.0 Å². The summed E-state index contributed by atoms with van der Waals surface area (Å²) in [5.74, 6) is 0.805. The Balaban J connectivity index is 1.80. The molecule has 1 aromatic heterocycles. The van der Waals surface area contributed by atoms with Gasteiger partial charge in [0.1, 0.15) is 5.82 Å². The standard InChI is InChI=1S/C20H21ClN4O3S/c21-16-4-1-2-5-17(16)25-18-12-14(13-6-7-13)8-9-15(18)19(24-20(25)26)23-10-3-11-29(22,27)28/h1-2,4-5,8-9,12-13H,3,6-7,10-11H2,(H2,22,27,28)(H,23,24,26). The molecule has 0 amide bonds.